The molecule has 6 nitrogen and oxygen atoms in total. The second-order valence-corrected chi connectivity index (χ2v) is 9.84. The predicted octanol–water partition coefficient (Wildman–Crippen LogP) is 5.00. The van der Waals surface area contributed by atoms with E-state index in [-0.39, 0.29) is 16.1 Å². The van der Waals surface area contributed by atoms with Crippen molar-refractivity contribution >= 4 is 52.3 Å². The van der Waals surface area contributed by atoms with E-state index in [0.717, 1.165) is 10.5 Å². The van der Waals surface area contributed by atoms with Crippen LogP contribution in [0.1, 0.15) is 37.9 Å². The molecule has 0 saturated carbocycles. The highest BCUT2D eigenvalue weighted by Crippen LogP contribution is 2.58. The van der Waals surface area contributed by atoms with E-state index in [1.807, 2.05) is 6.92 Å². The van der Waals surface area contributed by atoms with Gasteiger partial charge in [-0.3, -0.25) is 19.2 Å². The summed E-state index contributed by atoms with van der Waals surface area (Å²) in [5.74, 6) is -4.88. The van der Waals surface area contributed by atoms with Crippen LogP contribution in [0.5, 0.6) is 0 Å². The minimum Gasteiger partial charge on any atom is -0.349 e. The van der Waals surface area contributed by atoms with Gasteiger partial charge in [-0.2, -0.15) is 0 Å². The smallest absolute Gasteiger partial charge is 0.241 e. The van der Waals surface area contributed by atoms with Gasteiger partial charge in [0.2, 0.25) is 29.0 Å². The highest BCUT2D eigenvalue weighted by atomic mass is 35.5. The van der Waals surface area contributed by atoms with Gasteiger partial charge in [0.25, 0.3) is 0 Å². The number of amides is 2. The monoisotopic (exact) mass is 505 g/mol. The third kappa shape index (κ3) is 2.88. The Morgan fingerprint density at radius 2 is 1.46 bits per heavy atom. The SMILES string of the molecule is Cc1ccc(N2C(=O)C3C(c4ccc(Cl)cc4Cl)OC4(C(=O)c5ccccc5C4=O)C3C2=O)cc1. The molecule has 2 heterocycles. The number of ketones is 2. The van der Waals surface area contributed by atoms with Crippen LogP contribution in [0.4, 0.5) is 5.69 Å². The Morgan fingerprint density at radius 1 is 0.829 bits per heavy atom. The fraction of sp³-hybridized carbons (Fsp3) is 0.185. The van der Waals surface area contributed by atoms with Gasteiger partial charge in [-0.25, -0.2) is 4.90 Å². The Morgan fingerprint density at radius 3 is 2.06 bits per heavy atom. The molecule has 2 saturated heterocycles. The molecule has 3 aromatic rings. The fourth-order valence-corrected chi connectivity index (χ4v) is 6.00. The minimum absolute atomic E-state index is 0.174. The lowest BCUT2D eigenvalue weighted by molar-refractivity contribution is -0.127. The molecule has 1 aliphatic carbocycles. The number of nitrogens with zero attached hydrogens (tertiary/aromatic N) is 1. The highest BCUT2D eigenvalue weighted by Gasteiger charge is 2.74. The molecule has 3 aromatic carbocycles. The third-order valence-corrected chi connectivity index (χ3v) is 7.64. The summed E-state index contributed by atoms with van der Waals surface area (Å²) in [5.41, 5.74) is -0.0942. The number of carbonyl (C=O) groups is 4. The number of hydrogen-bond acceptors (Lipinski definition) is 5. The lowest BCUT2D eigenvalue weighted by atomic mass is 9.77. The van der Waals surface area contributed by atoms with Crippen molar-refractivity contribution in [2.24, 2.45) is 11.8 Å². The number of imide groups is 1. The van der Waals surface area contributed by atoms with Crippen molar-refractivity contribution in [3.05, 3.63) is 99.0 Å². The van der Waals surface area contributed by atoms with Crippen LogP contribution < -0.4 is 4.90 Å². The van der Waals surface area contributed by atoms with E-state index in [1.54, 1.807) is 48.5 Å². The van der Waals surface area contributed by atoms with Crippen LogP contribution in [0.2, 0.25) is 10.0 Å². The molecular formula is C27H17Cl2NO5. The largest absolute Gasteiger partial charge is 0.349 e. The van der Waals surface area contributed by atoms with Crippen LogP contribution in [-0.2, 0) is 14.3 Å². The number of halogens is 2. The molecule has 0 N–H and O–H groups in total. The first-order chi connectivity index (χ1) is 16.8. The second kappa shape index (κ2) is 7.59. The molecule has 3 atom stereocenters. The predicted molar refractivity (Wildman–Crippen MR) is 129 cm³/mol. The maximum absolute atomic E-state index is 13.9. The number of benzene rings is 3. The Hall–Kier alpha value is -3.32. The Bertz CT molecular complexity index is 1430. The van der Waals surface area contributed by atoms with Crippen molar-refractivity contribution in [3.8, 4) is 0 Å². The van der Waals surface area contributed by atoms with Gasteiger partial charge in [0.1, 0.15) is 0 Å². The number of anilines is 1. The van der Waals surface area contributed by atoms with Crippen molar-refractivity contribution in [2.45, 2.75) is 18.6 Å². The summed E-state index contributed by atoms with van der Waals surface area (Å²) in [7, 11) is 0. The van der Waals surface area contributed by atoms with E-state index < -0.39 is 46.9 Å². The van der Waals surface area contributed by atoms with Crippen LogP contribution in [0, 0.1) is 18.8 Å². The van der Waals surface area contributed by atoms with Gasteiger partial charge < -0.3 is 4.74 Å². The number of aryl methyl sites for hydroxylation is 1. The van der Waals surface area contributed by atoms with Crippen molar-refractivity contribution in [3.63, 3.8) is 0 Å². The maximum atomic E-state index is 13.9. The molecule has 0 aromatic heterocycles. The van der Waals surface area contributed by atoms with Gasteiger partial charge in [-0.15, -0.1) is 0 Å². The first kappa shape index (κ1) is 22.2. The molecule has 0 radical (unpaired) electrons. The topological polar surface area (TPSA) is 80.8 Å². The third-order valence-electron chi connectivity index (χ3n) is 7.08. The Labute approximate surface area is 210 Å². The molecule has 0 bridgehead atoms. The molecule has 6 rings (SSSR count). The van der Waals surface area contributed by atoms with Crippen LogP contribution in [0.25, 0.3) is 0 Å². The summed E-state index contributed by atoms with van der Waals surface area (Å²) in [6, 6.07) is 17.9. The number of rotatable bonds is 2. The fourth-order valence-electron chi connectivity index (χ4n) is 5.48. The molecule has 174 valence electrons. The summed E-state index contributed by atoms with van der Waals surface area (Å²) in [6.07, 6.45) is -1.10. The molecular weight excluding hydrogens is 489 g/mol. The number of Topliss-reactive ketones (excluding diaryl/α,β-unsaturated/α-hetero) is 2. The molecule has 8 heteroatoms. The molecule has 2 amide bonds. The summed E-state index contributed by atoms with van der Waals surface area (Å²) < 4.78 is 6.24. The van der Waals surface area contributed by atoms with Crippen LogP contribution >= 0.6 is 23.2 Å². The summed E-state index contributed by atoms with van der Waals surface area (Å²) in [4.78, 5) is 56.2. The lowest BCUT2D eigenvalue weighted by Gasteiger charge is -2.27. The second-order valence-electron chi connectivity index (χ2n) is 8.99. The standard InChI is InChI=1S/C27H17Cl2NO5/c1-13-6-9-15(10-7-13)30-25(33)20-21(26(30)34)27(23(31)16-4-2-3-5-17(16)24(27)32)35-22(20)18-11-8-14(28)12-19(18)29/h2-12,20-22H,1H3. The summed E-state index contributed by atoms with van der Waals surface area (Å²) >= 11 is 12.5. The summed E-state index contributed by atoms with van der Waals surface area (Å²) in [5, 5.41) is 0.585. The molecule has 2 fully saturated rings. The van der Waals surface area contributed by atoms with Crippen molar-refractivity contribution in [2.75, 3.05) is 4.90 Å². The van der Waals surface area contributed by atoms with Crippen LogP contribution in [-0.4, -0.2) is 29.0 Å². The molecule has 1 spiro atoms. The number of ether oxygens (including phenoxy) is 1. The van der Waals surface area contributed by atoms with Gasteiger partial charge in [0.05, 0.1) is 23.6 Å². The van der Waals surface area contributed by atoms with Crippen molar-refractivity contribution in [1.29, 1.82) is 0 Å². The zero-order valence-corrected chi connectivity index (χ0v) is 19.8. The van der Waals surface area contributed by atoms with Gasteiger partial charge in [-0.05, 0) is 31.2 Å². The van der Waals surface area contributed by atoms with Crippen LogP contribution in [0.3, 0.4) is 0 Å². The van der Waals surface area contributed by atoms with E-state index in [0.29, 0.717) is 16.3 Å². The average Bonchev–Trinajstić information content (AvgIpc) is 3.40. The van der Waals surface area contributed by atoms with E-state index >= 15 is 0 Å². The zero-order chi connectivity index (χ0) is 24.6. The average molecular weight is 506 g/mol. The molecule has 2 aliphatic heterocycles. The Kier molecular flexibility index (Phi) is 4.81. The maximum Gasteiger partial charge on any atom is 0.241 e. The molecule has 35 heavy (non-hydrogen) atoms. The van der Waals surface area contributed by atoms with Gasteiger partial charge in [-0.1, -0.05) is 71.2 Å². The molecule has 3 aliphatic rings. The van der Waals surface area contributed by atoms with Gasteiger partial charge >= 0.3 is 0 Å². The highest BCUT2D eigenvalue weighted by molar-refractivity contribution is 6.37. The summed E-state index contributed by atoms with van der Waals surface area (Å²) in [6.45, 7) is 1.89. The van der Waals surface area contributed by atoms with Gasteiger partial charge in [0.15, 0.2) is 0 Å². The number of hydrogen-bond donors (Lipinski definition) is 0. The molecule has 3 unspecified atom stereocenters. The van der Waals surface area contributed by atoms with Gasteiger partial charge in [0, 0.05) is 26.7 Å². The van der Waals surface area contributed by atoms with E-state index in [2.05, 4.69) is 0 Å². The first-order valence-corrected chi connectivity index (χ1v) is 11.8. The van der Waals surface area contributed by atoms with Crippen molar-refractivity contribution in [1.82, 2.24) is 0 Å². The quantitative estimate of drug-likeness (QED) is 0.361. The lowest BCUT2D eigenvalue weighted by Crippen LogP contribution is -2.51. The van der Waals surface area contributed by atoms with E-state index in [1.165, 1.54) is 18.2 Å². The minimum atomic E-state index is -2.14. The van der Waals surface area contributed by atoms with Crippen LogP contribution in [0.15, 0.2) is 66.7 Å². The number of carbonyl (C=O) groups excluding carboxylic acids is 4. The normalized spacial score (nSPS) is 24.4. The van der Waals surface area contributed by atoms with E-state index in [4.69, 9.17) is 27.9 Å². The Balaban J connectivity index is 1.56. The number of fused-ring (bicyclic) bond motifs is 3. The van der Waals surface area contributed by atoms with Crippen molar-refractivity contribution < 1.29 is 23.9 Å². The first-order valence-electron chi connectivity index (χ1n) is 11.0. The zero-order valence-electron chi connectivity index (χ0n) is 18.3. The van der Waals surface area contributed by atoms with E-state index in [9.17, 15) is 19.2 Å².